The standard InChI is InChI=1S/C13H14N2O/c1-10-11-6-2-3-7-12(11)13(16)15(10)9-5-4-8-14/h2-7H,1,8-9,14H2/b5-4+. The highest BCUT2D eigenvalue weighted by atomic mass is 16.2. The minimum Gasteiger partial charge on any atom is -0.327 e. The number of carbonyl (C=O) groups excluding carboxylic acids is 1. The van der Waals surface area contributed by atoms with Gasteiger partial charge in [-0.05, 0) is 6.07 Å². The molecule has 2 rings (SSSR count). The van der Waals surface area contributed by atoms with Crippen LogP contribution in [-0.2, 0) is 0 Å². The molecule has 1 heterocycles. The SMILES string of the molecule is C=C1c2ccccc2C(=O)N1C/C=C/CN. The molecule has 3 nitrogen and oxygen atoms in total. The molecular weight excluding hydrogens is 200 g/mol. The Morgan fingerprint density at radius 2 is 1.94 bits per heavy atom. The number of nitrogens with zero attached hydrogens (tertiary/aromatic N) is 1. The van der Waals surface area contributed by atoms with Crippen LogP contribution < -0.4 is 5.73 Å². The second-order valence-electron chi connectivity index (χ2n) is 3.62. The Morgan fingerprint density at radius 3 is 2.56 bits per heavy atom. The zero-order chi connectivity index (χ0) is 11.5. The number of rotatable bonds is 3. The van der Waals surface area contributed by atoms with Crippen LogP contribution in [0.3, 0.4) is 0 Å². The summed E-state index contributed by atoms with van der Waals surface area (Å²) < 4.78 is 0. The van der Waals surface area contributed by atoms with Crippen LogP contribution in [0.25, 0.3) is 5.70 Å². The first-order valence-electron chi connectivity index (χ1n) is 5.21. The van der Waals surface area contributed by atoms with Crippen molar-refractivity contribution in [3.63, 3.8) is 0 Å². The summed E-state index contributed by atoms with van der Waals surface area (Å²) in [6.07, 6.45) is 3.72. The summed E-state index contributed by atoms with van der Waals surface area (Å²) in [5.41, 5.74) is 7.77. The molecule has 0 spiro atoms. The summed E-state index contributed by atoms with van der Waals surface area (Å²) in [6, 6.07) is 7.53. The summed E-state index contributed by atoms with van der Waals surface area (Å²) in [6.45, 7) is 4.96. The molecule has 0 unspecified atom stereocenters. The van der Waals surface area contributed by atoms with Crippen molar-refractivity contribution in [3.05, 3.63) is 54.1 Å². The fourth-order valence-electron chi connectivity index (χ4n) is 1.80. The van der Waals surface area contributed by atoms with Gasteiger partial charge in [-0.15, -0.1) is 0 Å². The fraction of sp³-hybridized carbons (Fsp3) is 0.154. The van der Waals surface area contributed by atoms with Gasteiger partial charge in [-0.2, -0.15) is 0 Å². The number of carbonyl (C=O) groups is 1. The molecule has 0 bridgehead atoms. The Morgan fingerprint density at radius 1 is 1.25 bits per heavy atom. The molecule has 1 aliphatic rings. The van der Waals surface area contributed by atoms with Crippen LogP contribution in [0.2, 0.25) is 0 Å². The van der Waals surface area contributed by atoms with Gasteiger partial charge in [0.05, 0.1) is 0 Å². The minimum atomic E-state index is 0.0160. The maximum absolute atomic E-state index is 12.0. The smallest absolute Gasteiger partial charge is 0.259 e. The number of hydrogen-bond acceptors (Lipinski definition) is 2. The van der Waals surface area contributed by atoms with E-state index >= 15 is 0 Å². The molecule has 0 aliphatic carbocycles. The molecule has 1 aromatic rings. The fourth-order valence-corrected chi connectivity index (χ4v) is 1.80. The van der Waals surface area contributed by atoms with E-state index < -0.39 is 0 Å². The molecule has 1 aromatic carbocycles. The second kappa shape index (κ2) is 4.33. The lowest BCUT2D eigenvalue weighted by molar-refractivity contribution is 0.0862. The number of benzene rings is 1. The topological polar surface area (TPSA) is 46.3 Å². The quantitative estimate of drug-likeness (QED) is 0.777. The van der Waals surface area contributed by atoms with Crippen molar-refractivity contribution in [2.24, 2.45) is 5.73 Å². The van der Waals surface area contributed by atoms with Crippen LogP contribution in [0.1, 0.15) is 15.9 Å². The Bertz CT molecular complexity index is 428. The highest BCUT2D eigenvalue weighted by Gasteiger charge is 2.29. The summed E-state index contributed by atoms with van der Waals surface area (Å²) in [7, 11) is 0. The van der Waals surface area contributed by atoms with Crippen molar-refractivity contribution < 1.29 is 4.79 Å². The molecule has 2 N–H and O–H groups in total. The van der Waals surface area contributed by atoms with E-state index in [0.717, 1.165) is 16.8 Å². The highest BCUT2D eigenvalue weighted by Crippen LogP contribution is 2.30. The van der Waals surface area contributed by atoms with Gasteiger partial charge in [-0.3, -0.25) is 4.79 Å². The molecule has 0 fully saturated rings. The first-order valence-corrected chi connectivity index (χ1v) is 5.21. The largest absolute Gasteiger partial charge is 0.327 e. The molecule has 1 amide bonds. The number of nitrogens with two attached hydrogens (primary N) is 1. The first kappa shape index (κ1) is 10.6. The monoisotopic (exact) mass is 214 g/mol. The summed E-state index contributed by atoms with van der Waals surface area (Å²) in [4.78, 5) is 13.7. The molecule has 16 heavy (non-hydrogen) atoms. The third-order valence-electron chi connectivity index (χ3n) is 2.63. The van der Waals surface area contributed by atoms with Gasteiger partial charge in [0.15, 0.2) is 0 Å². The van der Waals surface area contributed by atoms with Gasteiger partial charge in [0, 0.05) is 29.9 Å². The van der Waals surface area contributed by atoms with Crippen LogP contribution in [-0.4, -0.2) is 23.9 Å². The van der Waals surface area contributed by atoms with E-state index in [-0.39, 0.29) is 5.91 Å². The third kappa shape index (κ3) is 1.66. The molecule has 0 aromatic heterocycles. The number of fused-ring (bicyclic) bond motifs is 1. The Hall–Kier alpha value is -1.87. The number of amides is 1. The molecule has 0 atom stereocenters. The van der Waals surface area contributed by atoms with Crippen molar-refractivity contribution in [1.82, 2.24) is 4.90 Å². The van der Waals surface area contributed by atoms with E-state index in [0.29, 0.717) is 13.1 Å². The van der Waals surface area contributed by atoms with E-state index in [1.54, 1.807) is 4.90 Å². The maximum atomic E-state index is 12.0. The van der Waals surface area contributed by atoms with Crippen LogP contribution >= 0.6 is 0 Å². The van der Waals surface area contributed by atoms with E-state index in [4.69, 9.17) is 5.73 Å². The summed E-state index contributed by atoms with van der Waals surface area (Å²) in [5, 5.41) is 0. The first-order chi connectivity index (χ1) is 7.75. The van der Waals surface area contributed by atoms with Gasteiger partial charge in [0.25, 0.3) is 5.91 Å². The van der Waals surface area contributed by atoms with Gasteiger partial charge in [0.2, 0.25) is 0 Å². The molecule has 0 saturated carbocycles. The van der Waals surface area contributed by atoms with Crippen molar-refractivity contribution in [3.8, 4) is 0 Å². The van der Waals surface area contributed by atoms with Crippen LogP contribution in [0, 0.1) is 0 Å². The van der Waals surface area contributed by atoms with Crippen LogP contribution in [0.5, 0.6) is 0 Å². The molecular formula is C13H14N2O. The molecule has 82 valence electrons. The average molecular weight is 214 g/mol. The Labute approximate surface area is 94.9 Å². The molecule has 0 saturated heterocycles. The zero-order valence-electron chi connectivity index (χ0n) is 9.02. The summed E-state index contributed by atoms with van der Waals surface area (Å²) in [5.74, 6) is 0.0160. The highest BCUT2D eigenvalue weighted by molar-refractivity contribution is 6.08. The van der Waals surface area contributed by atoms with Crippen LogP contribution in [0.4, 0.5) is 0 Å². The number of hydrogen-bond donors (Lipinski definition) is 1. The normalized spacial score (nSPS) is 14.9. The lowest BCUT2D eigenvalue weighted by Gasteiger charge is -2.14. The van der Waals surface area contributed by atoms with Gasteiger partial charge in [-0.1, -0.05) is 36.9 Å². The molecule has 3 heteroatoms. The van der Waals surface area contributed by atoms with Crippen LogP contribution in [0.15, 0.2) is 43.0 Å². The van der Waals surface area contributed by atoms with E-state index in [2.05, 4.69) is 6.58 Å². The van der Waals surface area contributed by atoms with E-state index in [9.17, 15) is 4.79 Å². The van der Waals surface area contributed by atoms with Crippen molar-refractivity contribution >= 4 is 11.6 Å². The van der Waals surface area contributed by atoms with E-state index in [1.807, 2.05) is 36.4 Å². The van der Waals surface area contributed by atoms with Crippen molar-refractivity contribution in [1.29, 1.82) is 0 Å². The predicted molar refractivity (Wildman–Crippen MR) is 64.7 cm³/mol. The van der Waals surface area contributed by atoms with Gasteiger partial charge < -0.3 is 10.6 Å². The predicted octanol–water partition coefficient (Wildman–Crippen LogP) is 1.63. The Kier molecular flexibility index (Phi) is 2.88. The zero-order valence-corrected chi connectivity index (χ0v) is 9.02. The van der Waals surface area contributed by atoms with Crippen molar-refractivity contribution in [2.45, 2.75) is 0 Å². The van der Waals surface area contributed by atoms with E-state index in [1.165, 1.54) is 0 Å². The lowest BCUT2D eigenvalue weighted by atomic mass is 10.1. The maximum Gasteiger partial charge on any atom is 0.259 e. The van der Waals surface area contributed by atoms with Gasteiger partial charge >= 0.3 is 0 Å². The van der Waals surface area contributed by atoms with Gasteiger partial charge in [-0.25, -0.2) is 0 Å². The lowest BCUT2D eigenvalue weighted by Crippen LogP contribution is -2.22. The molecule has 0 radical (unpaired) electrons. The van der Waals surface area contributed by atoms with Crippen molar-refractivity contribution in [2.75, 3.05) is 13.1 Å². The second-order valence-corrected chi connectivity index (χ2v) is 3.62. The average Bonchev–Trinajstić information content (AvgIpc) is 2.55. The third-order valence-corrected chi connectivity index (χ3v) is 2.63. The Balaban J connectivity index is 2.25. The minimum absolute atomic E-state index is 0.0160. The molecule has 1 aliphatic heterocycles. The van der Waals surface area contributed by atoms with Gasteiger partial charge in [0.1, 0.15) is 0 Å². The summed E-state index contributed by atoms with van der Waals surface area (Å²) >= 11 is 0.